The van der Waals surface area contributed by atoms with Gasteiger partial charge < -0.3 is 9.88 Å². The van der Waals surface area contributed by atoms with E-state index >= 15 is 0 Å². The van der Waals surface area contributed by atoms with Crippen LogP contribution in [0, 0.1) is 0 Å². The van der Waals surface area contributed by atoms with Crippen LogP contribution in [-0.2, 0) is 7.05 Å². The van der Waals surface area contributed by atoms with E-state index in [2.05, 4.69) is 28.8 Å². The van der Waals surface area contributed by atoms with Crippen LogP contribution in [0.3, 0.4) is 0 Å². The number of imidazole rings is 1. The average molecular weight is 179 g/mol. The SMILES string of the molecule is CC1CC(c2nccn2C)CCN1. The highest BCUT2D eigenvalue weighted by Crippen LogP contribution is 2.25. The van der Waals surface area contributed by atoms with E-state index in [1.807, 2.05) is 12.4 Å². The van der Waals surface area contributed by atoms with Crippen molar-refractivity contribution in [3.63, 3.8) is 0 Å². The smallest absolute Gasteiger partial charge is 0.111 e. The summed E-state index contributed by atoms with van der Waals surface area (Å²) in [6, 6.07) is 0.635. The second-order valence-corrected chi connectivity index (χ2v) is 3.97. The van der Waals surface area contributed by atoms with Gasteiger partial charge in [0.05, 0.1) is 0 Å². The highest BCUT2D eigenvalue weighted by molar-refractivity contribution is 5.02. The van der Waals surface area contributed by atoms with Crippen LogP contribution < -0.4 is 5.32 Å². The first-order valence-electron chi connectivity index (χ1n) is 4.98. The lowest BCUT2D eigenvalue weighted by Crippen LogP contribution is -2.35. The minimum atomic E-state index is 0.635. The Hall–Kier alpha value is -0.830. The molecule has 2 unspecified atom stereocenters. The molecule has 1 saturated heterocycles. The molecule has 1 aliphatic rings. The normalized spacial score (nSPS) is 29.1. The zero-order chi connectivity index (χ0) is 9.26. The fourth-order valence-corrected chi connectivity index (χ4v) is 2.14. The molecule has 1 aliphatic heterocycles. The summed E-state index contributed by atoms with van der Waals surface area (Å²) in [4.78, 5) is 4.41. The number of piperidine rings is 1. The van der Waals surface area contributed by atoms with Crippen LogP contribution in [0.5, 0.6) is 0 Å². The Bertz CT molecular complexity index is 279. The van der Waals surface area contributed by atoms with Gasteiger partial charge in [-0.15, -0.1) is 0 Å². The van der Waals surface area contributed by atoms with E-state index in [0.717, 1.165) is 6.54 Å². The fraction of sp³-hybridized carbons (Fsp3) is 0.700. The van der Waals surface area contributed by atoms with E-state index < -0.39 is 0 Å². The molecule has 72 valence electrons. The lowest BCUT2D eigenvalue weighted by Gasteiger charge is -2.27. The predicted molar refractivity (Wildman–Crippen MR) is 52.6 cm³/mol. The molecule has 0 amide bonds. The molecule has 13 heavy (non-hydrogen) atoms. The van der Waals surface area contributed by atoms with E-state index in [4.69, 9.17) is 0 Å². The van der Waals surface area contributed by atoms with Gasteiger partial charge in [0, 0.05) is 31.4 Å². The number of rotatable bonds is 1. The molecule has 1 fully saturated rings. The zero-order valence-corrected chi connectivity index (χ0v) is 8.33. The highest BCUT2D eigenvalue weighted by Gasteiger charge is 2.22. The van der Waals surface area contributed by atoms with E-state index in [1.165, 1.54) is 18.7 Å². The van der Waals surface area contributed by atoms with Gasteiger partial charge >= 0.3 is 0 Å². The predicted octanol–water partition coefficient (Wildman–Crippen LogP) is 1.28. The molecule has 3 nitrogen and oxygen atoms in total. The van der Waals surface area contributed by atoms with Crippen molar-refractivity contribution in [2.45, 2.75) is 31.7 Å². The first-order valence-corrected chi connectivity index (χ1v) is 4.98. The number of aromatic nitrogens is 2. The molecule has 3 heteroatoms. The lowest BCUT2D eigenvalue weighted by atomic mass is 9.92. The summed E-state index contributed by atoms with van der Waals surface area (Å²) in [7, 11) is 2.08. The van der Waals surface area contributed by atoms with Crippen molar-refractivity contribution in [3.05, 3.63) is 18.2 Å². The monoisotopic (exact) mass is 179 g/mol. The number of nitrogens with zero attached hydrogens (tertiary/aromatic N) is 2. The van der Waals surface area contributed by atoms with E-state index in [0.29, 0.717) is 12.0 Å². The Balaban J connectivity index is 2.12. The summed E-state index contributed by atoms with van der Waals surface area (Å²) in [5.74, 6) is 1.89. The highest BCUT2D eigenvalue weighted by atomic mass is 15.0. The topological polar surface area (TPSA) is 29.9 Å². The molecule has 2 rings (SSSR count). The van der Waals surface area contributed by atoms with Gasteiger partial charge in [0.2, 0.25) is 0 Å². The molecule has 1 N–H and O–H groups in total. The van der Waals surface area contributed by atoms with Gasteiger partial charge in [-0.25, -0.2) is 4.98 Å². The molecule has 0 aliphatic carbocycles. The summed E-state index contributed by atoms with van der Waals surface area (Å²) >= 11 is 0. The van der Waals surface area contributed by atoms with Crippen molar-refractivity contribution in [3.8, 4) is 0 Å². The fourth-order valence-electron chi connectivity index (χ4n) is 2.14. The van der Waals surface area contributed by atoms with Gasteiger partial charge in [-0.05, 0) is 26.3 Å². The molecule has 0 radical (unpaired) electrons. The van der Waals surface area contributed by atoms with Crippen molar-refractivity contribution < 1.29 is 0 Å². The van der Waals surface area contributed by atoms with Crippen LogP contribution in [0.4, 0.5) is 0 Å². The summed E-state index contributed by atoms with van der Waals surface area (Å²) in [6.07, 6.45) is 6.35. The molecular weight excluding hydrogens is 162 g/mol. The lowest BCUT2D eigenvalue weighted by molar-refractivity contribution is 0.366. The quantitative estimate of drug-likeness (QED) is 0.703. The molecular formula is C10H17N3. The third kappa shape index (κ3) is 1.75. The van der Waals surface area contributed by atoms with Gasteiger partial charge in [0.25, 0.3) is 0 Å². The van der Waals surface area contributed by atoms with E-state index in [1.54, 1.807) is 0 Å². The van der Waals surface area contributed by atoms with Gasteiger partial charge in [0.1, 0.15) is 5.82 Å². The third-order valence-corrected chi connectivity index (χ3v) is 2.85. The Labute approximate surface area is 79.2 Å². The first-order chi connectivity index (χ1) is 6.27. The van der Waals surface area contributed by atoms with Gasteiger partial charge in [-0.2, -0.15) is 0 Å². The van der Waals surface area contributed by atoms with Gasteiger partial charge in [-0.1, -0.05) is 0 Å². The van der Waals surface area contributed by atoms with Crippen molar-refractivity contribution in [1.29, 1.82) is 0 Å². The maximum Gasteiger partial charge on any atom is 0.111 e. The maximum atomic E-state index is 4.41. The van der Waals surface area contributed by atoms with Crippen LogP contribution in [0.25, 0.3) is 0 Å². The van der Waals surface area contributed by atoms with Crippen molar-refractivity contribution in [2.75, 3.05) is 6.54 Å². The Morgan fingerprint density at radius 2 is 2.46 bits per heavy atom. The number of hydrogen-bond acceptors (Lipinski definition) is 2. The van der Waals surface area contributed by atoms with Crippen molar-refractivity contribution in [1.82, 2.24) is 14.9 Å². The number of hydrogen-bond donors (Lipinski definition) is 1. The van der Waals surface area contributed by atoms with Gasteiger partial charge in [0.15, 0.2) is 0 Å². The van der Waals surface area contributed by atoms with E-state index in [-0.39, 0.29) is 0 Å². The summed E-state index contributed by atoms with van der Waals surface area (Å²) in [6.45, 7) is 3.37. The van der Waals surface area contributed by atoms with Crippen LogP contribution in [0.1, 0.15) is 31.5 Å². The minimum absolute atomic E-state index is 0.635. The largest absolute Gasteiger partial charge is 0.338 e. The molecule has 2 heterocycles. The molecule has 1 aromatic heterocycles. The minimum Gasteiger partial charge on any atom is -0.338 e. The van der Waals surface area contributed by atoms with Crippen molar-refractivity contribution in [2.24, 2.45) is 7.05 Å². The van der Waals surface area contributed by atoms with Crippen LogP contribution in [0.15, 0.2) is 12.4 Å². The van der Waals surface area contributed by atoms with Gasteiger partial charge in [-0.3, -0.25) is 0 Å². The standard InChI is InChI=1S/C10H17N3/c1-8-7-9(3-4-11-8)10-12-5-6-13(10)2/h5-6,8-9,11H,3-4,7H2,1-2H3. The van der Waals surface area contributed by atoms with Crippen LogP contribution in [0.2, 0.25) is 0 Å². The molecule has 0 saturated carbocycles. The first kappa shape index (κ1) is 8.75. The third-order valence-electron chi connectivity index (χ3n) is 2.85. The Morgan fingerprint density at radius 3 is 3.08 bits per heavy atom. The summed E-state index contributed by atoms with van der Waals surface area (Å²) in [5, 5.41) is 3.46. The summed E-state index contributed by atoms with van der Waals surface area (Å²) < 4.78 is 2.14. The zero-order valence-electron chi connectivity index (χ0n) is 8.33. The average Bonchev–Trinajstić information content (AvgIpc) is 2.51. The second-order valence-electron chi connectivity index (χ2n) is 3.97. The Kier molecular flexibility index (Phi) is 2.36. The molecule has 0 spiro atoms. The molecule has 0 bridgehead atoms. The number of aryl methyl sites for hydroxylation is 1. The maximum absolute atomic E-state index is 4.41. The van der Waals surface area contributed by atoms with Crippen molar-refractivity contribution >= 4 is 0 Å². The van der Waals surface area contributed by atoms with Crippen LogP contribution >= 0.6 is 0 Å². The van der Waals surface area contributed by atoms with E-state index in [9.17, 15) is 0 Å². The summed E-state index contributed by atoms with van der Waals surface area (Å²) in [5.41, 5.74) is 0. The number of nitrogens with one attached hydrogen (secondary N) is 1. The Morgan fingerprint density at radius 1 is 1.62 bits per heavy atom. The molecule has 1 aromatic rings. The van der Waals surface area contributed by atoms with Crippen LogP contribution in [-0.4, -0.2) is 22.1 Å². The second kappa shape index (κ2) is 3.50. The molecule has 0 aromatic carbocycles. The molecule has 2 atom stereocenters.